The van der Waals surface area contributed by atoms with Crippen LogP contribution in [0, 0.1) is 16.0 Å². The Morgan fingerprint density at radius 3 is 2.81 bits per heavy atom. The van der Waals surface area contributed by atoms with E-state index in [2.05, 4.69) is 43.9 Å². The zero-order chi connectivity index (χ0) is 12.1. The normalized spacial score (nSPS) is 12.7. The lowest BCUT2D eigenvalue weighted by molar-refractivity contribution is -0.390. The summed E-state index contributed by atoms with van der Waals surface area (Å²) in [6, 6.07) is 0. The minimum Gasteiger partial charge on any atom is -0.358 e. The molecule has 0 aromatic carbocycles. The summed E-state index contributed by atoms with van der Waals surface area (Å²) in [5.41, 5.74) is 0. The lowest BCUT2D eigenvalue weighted by Gasteiger charge is -2.06. The molecule has 16 heavy (non-hydrogen) atoms. The zero-order valence-electron chi connectivity index (χ0n) is 8.90. The highest BCUT2D eigenvalue weighted by Gasteiger charge is 2.18. The highest BCUT2D eigenvalue weighted by molar-refractivity contribution is 9.10. The van der Waals surface area contributed by atoms with E-state index in [-0.39, 0.29) is 5.82 Å². The van der Waals surface area contributed by atoms with Crippen LogP contribution in [0.2, 0.25) is 0 Å². The maximum Gasteiger partial charge on any atom is 0.404 e. The fourth-order valence-electron chi connectivity index (χ4n) is 1.31. The number of rotatable bonds is 6. The van der Waals surface area contributed by atoms with Gasteiger partial charge >= 0.3 is 5.82 Å². The first-order valence-electron chi connectivity index (χ1n) is 4.98. The molecule has 0 saturated carbocycles. The van der Waals surface area contributed by atoms with E-state index < -0.39 is 4.92 Å². The molecule has 1 aromatic rings. The summed E-state index contributed by atoms with van der Waals surface area (Å²) in [5.74, 6) is 0.467. The lowest BCUT2D eigenvalue weighted by atomic mass is 10.1. The van der Waals surface area contributed by atoms with Crippen molar-refractivity contribution in [1.82, 2.24) is 9.78 Å². The van der Waals surface area contributed by atoms with Gasteiger partial charge in [0.2, 0.25) is 0 Å². The van der Waals surface area contributed by atoms with Gasteiger partial charge in [0.25, 0.3) is 0 Å². The van der Waals surface area contributed by atoms with Gasteiger partial charge in [-0.25, -0.2) is 0 Å². The molecule has 0 N–H and O–H groups in total. The van der Waals surface area contributed by atoms with E-state index in [1.54, 1.807) is 10.9 Å². The van der Waals surface area contributed by atoms with Crippen LogP contribution < -0.4 is 0 Å². The molecule has 0 aliphatic heterocycles. The topological polar surface area (TPSA) is 61.0 Å². The molecular formula is C9H13Br2N3O2. The van der Waals surface area contributed by atoms with E-state index in [1.807, 2.05) is 0 Å². The Morgan fingerprint density at radius 2 is 2.31 bits per heavy atom. The SMILES string of the molecule is CC(CCBr)CCn1cc(Br)c([N+](=O)[O-])n1. The molecule has 0 saturated heterocycles. The predicted octanol–water partition coefficient (Wildman–Crippen LogP) is 3.37. The van der Waals surface area contributed by atoms with E-state index >= 15 is 0 Å². The molecule has 1 rings (SSSR count). The number of aromatic nitrogens is 2. The van der Waals surface area contributed by atoms with Crippen LogP contribution in [0.4, 0.5) is 5.82 Å². The van der Waals surface area contributed by atoms with Gasteiger partial charge in [0, 0.05) is 5.33 Å². The van der Waals surface area contributed by atoms with Crippen molar-refractivity contribution in [3.05, 3.63) is 20.8 Å². The highest BCUT2D eigenvalue weighted by atomic mass is 79.9. The van der Waals surface area contributed by atoms with Crippen LogP contribution in [0.1, 0.15) is 19.8 Å². The average Bonchev–Trinajstić information content (AvgIpc) is 2.57. The molecule has 1 atom stereocenters. The number of aryl methyl sites for hydroxylation is 1. The van der Waals surface area contributed by atoms with Crippen molar-refractivity contribution in [3.63, 3.8) is 0 Å². The lowest BCUT2D eigenvalue weighted by Crippen LogP contribution is -2.05. The third kappa shape index (κ3) is 3.86. The van der Waals surface area contributed by atoms with E-state index in [0.29, 0.717) is 16.9 Å². The molecule has 90 valence electrons. The Hall–Kier alpha value is -0.430. The van der Waals surface area contributed by atoms with Crippen LogP contribution in [0.5, 0.6) is 0 Å². The number of hydrogen-bond acceptors (Lipinski definition) is 3. The minimum atomic E-state index is -0.484. The van der Waals surface area contributed by atoms with Crippen LogP contribution in [0.3, 0.4) is 0 Å². The van der Waals surface area contributed by atoms with E-state index in [0.717, 1.165) is 18.2 Å². The van der Waals surface area contributed by atoms with Gasteiger partial charge in [0.15, 0.2) is 0 Å². The predicted molar refractivity (Wildman–Crippen MR) is 68.8 cm³/mol. The molecule has 0 radical (unpaired) electrons. The number of alkyl halides is 1. The van der Waals surface area contributed by atoms with Gasteiger partial charge < -0.3 is 10.1 Å². The Kier molecular flexibility index (Phi) is 5.40. The monoisotopic (exact) mass is 353 g/mol. The van der Waals surface area contributed by atoms with Gasteiger partial charge in [-0.2, -0.15) is 4.68 Å². The third-order valence-corrected chi connectivity index (χ3v) is 3.34. The molecule has 0 fully saturated rings. The fourth-order valence-corrected chi connectivity index (χ4v) is 2.55. The van der Waals surface area contributed by atoms with Crippen LogP contribution in [-0.4, -0.2) is 20.0 Å². The van der Waals surface area contributed by atoms with Crippen molar-refractivity contribution >= 4 is 37.7 Å². The second-order valence-corrected chi connectivity index (χ2v) is 5.34. The molecule has 1 unspecified atom stereocenters. The van der Waals surface area contributed by atoms with Crippen molar-refractivity contribution in [2.75, 3.05) is 5.33 Å². The first-order chi connectivity index (χ1) is 7.54. The summed E-state index contributed by atoms with van der Waals surface area (Å²) < 4.78 is 2.05. The molecule has 0 spiro atoms. The Balaban J connectivity index is 2.55. The number of nitro groups is 1. The van der Waals surface area contributed by atoms with Crippen LogP contribution in [-0.2, 0) is 6.54 Å². The van der Waals surface area contributed by atoms with Gasteiger partial charge in [-0.1, -0.05) is 22.9 Å². The summed E-state index contributed by atoms with van der Waals surface area (Å²) in [6.45, 7) is 2.87. The highest BCUT2D eigenvalue weighted by Crippen LogP contribution is 2.22. The summed E-state index contributed by atoms with van der Waals surface area (Å²) in [6.07, 6.45) is 3.72. The standard InChI is InChI=1S/C9H13Br2N3O2/c1-7(2-4-10)3-5-13-6-8(11)9(12-13)14(15)16/h6-7H,2-5H2,1H3. The molecule has 0 aliphatic rings. The molecular weight excluding hydrogens is 342 g/mol. The molecule has 7 heteroatoms. The average molecular weight is 355 g/mol. The van der Waals surface area contributed by atoms with Crippen LogP contribution in [0.25, 0.3) is 0 Å². The maximum atomic E-state index is 10.6. The van der Waals surface area contributed by atoms with Crippen LogP contribution in [0.15, 0.2) is 10.7 Å². The molecule has 1 heterocycles. The first kappa shape index (κ1) is 13.6. The Bertz CT molecular complexity index is 368. The molecule has 0 aliphatic carbocycles. The van der Waals surface area contributed by atoms with Crippen molar-refractivity contribution in [2.45, 2.75) is 26.3 Å². The number of halogens is 2. The smallest absolute Gasteiger partial charge is 0.358 e. The summed E-state index contributed by atoms with van der Waals surface area (Å²) >= 11 is 6.51. The number of nitrogens with zero attached hydrogens (tertiary/aromatic N) is 3. The van der Waals surface area contributed by atoms with Gasteiger partial charge in [0.1, 0.15) is 4.47 Å². The largest absolute Gasteiger partial charge is 0.404 e. The van der Waals surface area contributed by atoms with Gasteiger partial charge in [0.05, 0.1) is 17.8 Å². The Labute approximate surface area is 111 Å². The van der Waals surface area contributed by atoms with Gasteiger partial charge in [-0.05, 0) is 39.6 Å². The molecule has 1 aromatic heterocycles. The van der Waals surface area contributed by atoms with E-state index in [9.17, 15) is 10.1 Å². The summed E-state index contributed by atoms with van der Waals surface area (Å²) in [7, 11) is 0. The van der Waals surface area contributed by atoms with Crippen molar-refractivity contribution in [1.29, 1.82) is 0 Å². The fraction of sp³-hybridized carbons (Fsp3) is 0.667. The summed E-state index contributed by atoms with van der Waals surface area (Å²) in [4.78, 5) is 10.1. The maximum absolute atomic E-state index is 10.6. The second kappa shape index (κ2) is 6.34. The molecule has 5 nitrogen and oxygen atoms in total. The van der Waals surface area contributed by atoms with E-state index in [4.69, 9.17) is 0 Å². The van der Waals surface area contributed by atoms with Gasteiger partial charge in [-0.15, -0.1) is 0 Å². The quantitative estimate of drug-likeness (QED) is 0.447. The van der Waals surface area contributed by atoms with Crippen molar-refractivity contribution < 1.29 is 4.92 Å². The Morgan fingerprint density at radius 1 is 1.62 bits per heavy atom. The first-order valence-corrected chi connectivity index (χ1v) is 6.89. The molecule has 0 bridgehead atoms. The third-order valence-electron chi connectivity index (χ3n) is 2.32. The molecule has 0 amide bonds. The second-order valence-electron chi connectivity index (χ2n) is 3.69. The minimum absolute atomic E-state index is 0.117. The van der Waals surface area contributed by atoms with Crippen LogP contribution >= 0.6 is 31.9 Å². The van der Waals surface area contributed by atoms with Gasteiger partial charge in [-0.3, -0.25) is 0 Å². The zero-order valence-corrected chi connectivity index (χ0v) is 12.1. The number of hydrogen-bond donors (Lipinski definition) is 0. The van der Waals surface area contributed by atoms with E-state index in [1.165, 1.54) is 0 Å². The van der Waals surface area contributed by atoms with Crippen molar-refractivity contribution in [3.8, 4) is 0 Å². The summed E-state index contributed by atoms with van der Waals surface area (Å²) in [5, 5.41) is 15.5. The van der Waals surface area contributed by atoms with Crippen molar-refractivity contribution in [2.24, 2.45) is 5.92 Å².